The summed E-state index contributed by atoms with van der Waals surface area (Å²) < 4.78 is 21.6. The van der Waals surface area contributed by atoms with Crippen LogP contribution in [0.25, 0.3) is 5.69 Å². The lowest BCUT2D eigenvalue weighted by Crippen LogP contribution is -2.41. The molecule has 0 fully saturated rings. The van der Waals surface area contributed by atoms with E-state index in [2.05, 4.69) is 26.3 Å². The van der Waals surface area contributed by atoms with Gasteiger partial charge in [0.1, 0.15) is 12.9 Å². The van der Waals surface area contributed by atoms with Crippen LogP contribution in [0.2, 0.25) is 0 Å². The second kappa shape index (κ2) is 8.51. The quantitative estimate of drug-likeness (QED) is 0.771. The molecule has 2 aromatic rings. The van der Waals surface area contributed by atoms with Gasteiger partial charge in [0.25, 0.3) is 0 Å². The third-order valence-electron chi connectivity index (χ3n) is 3.53. The summed E-state index contributed by atoms with van der Waals surface area (Å²) in [6.07, 6.45) is 1.03. The van der Waals surface area contributed by atoms with E-state index >= 15 is 0 Å². The monoisotopic (exact) mass is 440 g/mol. The highest BCUT2D eigenvalue weighted by Gasteiger charge is 2.16. The zero-order valence-electron chi connectivity index (χ0n) is 15.6. The van der Waals surface area contributed by atoms with E-state index in [-0.39, 0.29) is 18.7 Å². The number of amides is 1. The molecule has 0 aliphatic heterocycles. The van der Waals surface area contributed by atoms with Crippen molar-refractivity contribution in [3.05, 3.63) is 56.9 Å². The van der Waals surface area contributed by atoms with Gasteiger partial charge in [0, 0.05) is 15.6 Å². The molecule has 9 heteroatoms. The van der Waals surface area contributed by atoms with Gasteiger partial charge in [0.2, 0.25) is 0 Å². The predicted octanol–water partition coefficient (Wildman–Crippen LogP) is 3.48. The van der Waals surface area contributed by atoms with Crippen molar-refractivity contribution < 1.29 is 13.9 Å². The number of carbonyl (C=O) groups excluding carboxylic acids is 1. The molecule has 146 valence electrons. The molecule has 0 aliphatic rings. The maximum atomic E-state index is 13.2. The SMILES string of the molecule is Cc1cc(-n2cnn(C/C(=C\F)COC(=O)NC(C)(C)C)c2=O)ccc1Br. The Morgan fingerprint density at radius 3 is 2.70 bits per heavy atom. The molecular weight excluding hydrogens is 419 g/mol. The highest BCUT2D eigenvalue weighted by molar-refractivity contribution is 9.10. The third kappa shape index (κ3) is 5.78. The molecule has 0 saturated heterocycles. The Morgan fingerprint density at radius 1 is 1.41 bits per heavy atom. The molecule has 0 spiro atoms. The third-order valence-corrected chi connectivity index (χ3v) is 4.42. The lowest BCUT2D eigenvalue weighted by Gasteiger charge is -2.20. The minimum absolute atomic E-state index is 0.110. The topological polar surface area (TPSA) is 78.2 Å². The number of alkyl carbamates (subject to hydrolysis) is 1. The van der Waals surface area contributed by atoms with Crippen LogP contribution >= 0.6 is 15.9 Å². The molecule has 1 aromatic carbocycles. The number of aryl methyl sites for hydroxylation is 1. The second-order valence-corrected chi connectivity index (χ2v) is 7.95. The summed E-state index contributed by atoms with van der Waals surface area (Å²) in [6, 6.07) is 5.45. The van der Waals surface area contributed by atoms with Crippen LogP contribution in [0.1, 0.15) is 26.3 Å². The highest BCUT2D eigenvalue weighted by atomic mass is 79.9. The normalized spacial score (nSPS) is 12.1. The van der Waals surface area contributed by atoms with Crippen LogP contribution in [0, 0.1) is 6.92 Å². The fourth-order valence-corrected chi connectivity index (χ4v) is 2.45. The van der Waals surface area contributed by atoms with Crippen molar-refractivity contribution in [1.29, 1.82) is 0 Å². The smallest absolute Gasteiger partial charge is 0.407 e. The predicted molar refractivity (Wildman–Crippen MR) is 104 cm³/mol. The van der Waals surface area contributed by atoms with Gasteiger partial charge in [-0.15, -0.1) is 0 Å². The summed E-state index contributed by atoms with van der Waals surface area (Å²) in [5, 5.41) is 6.62. The van der Waals surface area contributed by atoms with Crippen LogP contribution < -0.4 is 11.0 Å². The summed E-state index contributed by atoms with van der Waals surface area (Å²) >= 11 is 3.41. The van der Waals surface area contributed by atoms with Crippen molar-refractivity contribution in [3.8, 4) is 5.69 Å². The number of carbonyl (C=O) groups is 1. The molecule has 1 aromatic heterocycles. The Bertz CT molecular complexity index is 912. The van der Waals surface area contributed by atoms with Crippen LogP contribution in [0.15, 0.2) is 45.7 Å². The molecule has 0 atom stereocenters. The number of benzene rings is 1. The molecule has 0 bridgehead atoms. The first-order valence-electron chi connectivity index (χ1n) is 8.25. The zero-order chi connectivity index (χ0) is 20.2. The zero-order valence-corrected chi connectivity index (χ0v) is 17.2. The largest absolute Gasteiger partial charge is 0.445 e. The van der Waals surface area contributed by atoms with Crippen LogP contribution in [-0.2, 0) is 11.3 Å². The van der Waals surface area contributed by atoms with Crippen molar-refractivity contribution in [1.82, 2.24) is 19.7 Å². The van der Waals surface area contributed by atoms with Crippen LogP contribution in [0.3, 0.4) is 0 Å². The number of halogens is 2. The Labute approximate surface area is 165 Å². The number of rotatable bonds is 5. The van der Waals surface area contributed by atoms with Gasteiger partial charge in [-0.1, -0.05) is 15.9 Å². The summed E-state index contributed by atoms with van der Waals surface area (Å²) in [5.41, 5.74) is 0.844. The molecule has 1 N–H and O–H groups in total. The average Bonchev–Trinajstić information content (AvgIpc) is 2.93. The van der Waals surface area contributed by atoms with E-state index in [1.165, 1.54) is 10.9 Å². The highest BCUT2D eigenvalue weighted by Crippen LogP contribution is 2.18. The van der Waals surface area contributed by atoms with Crippen molar-refractivity contribution in [3.63, 3.8) is 0 Å². The number of ether oxygens (including phenoxy) is 1. The number of hydrogen-bond donors (Lipinski definition) is 1. The van der Waals surface area contributed by atoms with Crippen LogP contribution in [0.4, 0.5) is 9.18 Å². The van der Waals surface area contributed by atoms with E-state index in [0.29, 0.717) is 12.0 Å². The van der Waals surface area contributed by atoms with Crippen molar-refractivity contribution in [2.24, 2.45) is 0 Å². The van der Waals surface area contributed by atoms with Crippen molar-refractivity contribution >= 4 is 22.0 Å². The minimum Gasteiger partial charge on any atom is -0.445 e. The summed E-state index contributed by atoms with van der Waals surface area (Å²) in [5.74, 6) is 0. The molecule has 0 radical (unpaired) electrons. The molecule has 2 rings (SSSR count). The standard InChI is InChI=1S/C18H22BrFN4O3/c1-12-7-14(5-6-15(12)19)23-11-21-24(17(23)26)9-13(8-20)10-27-16(25)22-18(2,3)4/h5-8,11H,9-10H2,1-4H3,(H,22,25)/b13-8+. The van der Waals surface area contributed by atoms with Gasteiger partial charge >= 0.3 is 11.8 Å². The van der Waals surface area contributed by atoms with Gasteiger partial charge in [-0.05, 0) is 51.5 Å². The Hall–Kier alpha value is -2.42. The average molecular weight is 441 g/mol. The molecule has 1 heterocycles. The van der Waals surface area contributed by atoms with Gasteiger partial charge in [0.15, 0.2) is 0 Å². The fourth-order valence-electron chi connectivity index (χ4n) is 2.21. The number of hydrogen-bond acceptors (Lipinski definition) is 4. The van der Waals surface area contributed by atoms with Gasteiger partial charge < -0.3 is 10.1 Å². The second-order valence-electron chi connectivity index (χ2n) is 7.09. The van der Waals surface area contributed by atoms with Crippen LogP contribution in [-0.4, -0.2) is 32.6 Å². The van der Waals surface area contributed by atoms with Crippen LogP contribution in [0.5, 0.6) is 0 Å². The minimum atomic E-state index is -0.662. The molecule has 1 amide bonds. The van der Waals surface area contributed by atoms with Gasteiger partial charge in [-0.2, -0.15) is 5.10 Å². The number of aromatic nitrogens is 3. The molecule has 0 aliphatic carbocycles. The molecule has 0 saturated carbocycles. The molecule has 7 nitrogen and oxygen atoms in total. The van der Waals surface area contributed by atoms with E-state index < -0.39 is 17.3 Å². The number of nitrogens with one attached hydrogen (secondary N) is 1. The Balaban J connectivity index is 2.08. The first-order valence-corrected chi connectivity index (χ1v) is 9.04. The van der Waals surface area contributed by atoms with Crippen molar-refractivity contribution in [2.75, 3.05) is 6.61 Å². The van der Waals surface area contributed by atoms with E-state index in [1.807, 2.05) is 19.1 Å². The number of nitrogens with zero attached hydrogens (tertiary/aromatic N) is 3. The van der Waals surface area contributed by atoms with Crippen molar-refractivity contribution in [2.45, 2.75) is 39.8 Å². The first kappa shape index (κ1) is 20.9. The fraction of sp³-hybridized carbons (Fsp3) is 0.389. The first-order chi connectivity index (χ1) is 12.6. The van der Waals surface area contributed by atoms with Gasteiger partial charge in [-0.25, -0.2) is 23.2 Å². The summed E-state index contributed by atoms with van der Waals surface area (Å²) in [6.45, 7) is 6.91. The lowest BCUT2D eigenvalue weighted by molar-refractivity contribution is 0.145. The van der Waals surface area contributed by atoms with E-state index in [0.717, 1.165) is 14.7 Å². The van der Waals surface area contributed by atoms with E-state index in [1.54, 1.807) is 26.8 Å². The maximum Gasteiger partial charge on any atom is 0.407 e. The molecular formula is C18H22BrFN4O3. The molecule has 27 heavy (non-hydrogen) atoms. The Morgan fingerprint density at radius 2 is 2.11 bits per heavy atom. The molecule has 0 unspecified atom stereocenters. The Kier molecular flexibility index (Phi) is 6.59. The van der Waals surface area contributed by atoms with Gasteiger partial charge in [0.05, 0.1) is 18.6 Å². The summed E-state index contributed by atoms with van der Waals surface area (Å²) in [4.78, 5) is 24.2. The van der Waals surface area contributed by atoms with E-state index in [4.69, 9.17) is 4.74 Å². The summed E-state index contributed by atoms with van der Waals surface area (Å²) in [7, 11) is 0. The lowest BCUT2D eigenvalue weighted by atomic mass is 10.1. The van der Waals surface area contributed by atoms with Gasteiger partial charge in [-0.3, -0.25) is 0 Å². The van der Waals surface area contributed by atoms with E-state index in [9.17, 15) is 14.0 Å². The maximum absolute atomic E-state index is 13.2.